The maximum Gasteiger partial charge on any atom is 0.257 e. The molecule has 0 saturated carbocycles. The van der Waals surface area contributed by atoms with E-state index in [1.54, 1.807) is 24.4 Å². The largest absolute Gasteiger partial charge is 0.398 e. The zero-order chi connectivity index (χ0) is 14.0. The lowest BCUT2D eigenvalue weighted by Gasteiger charge is -2.10. The molecule has 1 aromatic heterocycles. The summed E-state index contributed by atoms with van der Waals surface area (Å²) in [6.07, 6.45) is 1.71. The van der Waals surface area contributed by atoms with E-state index in [9.17, 15) is 4.79 Å². The third-order valence-electron chi connectivity index (χ3n) is 2.81. The monoisotopic (exact) mass is 319 g/mol. The van der Waals surface area contributed by atoms with E-state index in [2.05, 4.69) is 26.2 Å². The minimum atomic E-state index is -0.221. The standard InChI is InChI=1S/C14H14BrN3O/c1-8-3-4-13(17-7-8)18-14(19)11-5-10(15)6-12(16)9(11)2/h3-7H,16H2,1-2H3,(H,17,18,19). The van der Waals surface area contributed by atoms with E-state index in [0.29, 0.717) is 17.1 Å². The van der Waals surface area contributed by atoms with Gasteiger partial charge < -0.3 is 11.1 Å². The highest BCUT2D eigenvalue weighted by atomic mass is 79.9. The number of carbonyl (C=O) groups excluding carboxylic acids is 1. The van der Waals surface area contributed by atoms with E-state index in [4.69, 9.17) is 5.73 Å². The summed E-state index contributed by atoms with van der Waals surface area (Å²) in [6.45, 7) is 3.76. The van der Waals surface area contributed by atoms with Gasteiger partial charge in [-0.25, -0.2) is 4.98 Å². The molecule has 0 unspecified atom stereocenters. The Kier molecular flexibility index (Phi) is 3.85. The van der Waals surface area contributed by atoms with Crippen molar-refractivity contribution in [3.63, 3.8) is 0 Å². The number of benzene rings is 1. The predicted molar refractivity (Wildman–Crippen MR) is 80.2 cm³/mol. The molecule has 2 rings (SSSR count). The Morgan fingerprint density at radius 2 is 2.05 bits per heavy atom. The first-order chi connectivity index (χ1) is 8.97. The molecule has 0 aliphatic heterocycles. The zero-order valence-electron chi connectivity index (χ0n) is 10.7. The molecule has 98 valence electrons. The summed E-state index contributed by atoms with van der Waals surface area (Å²) >= 11 is 3.33. The van der Waals surface area contributed by atoms with Crippen LogP contribution in [0.15, 0.2) is 34.9 Å². The van der Waals surface area contributed by atoms with Gasteiger partial charge in [0.05, 0.1) is 0 Å². The number of aromatic nitrogens is 1. The number of nitrogens with two attached hydrogens (primary N) is 1. The number of nitrogens with one attached hydrogen (secondary N) is 1. The molecule has 3 N–H and O–H groups in total. The smallest absolute Gasteiger partial charge is 0.257 e. The molecule has 1 aromatic carbocycles. The summed E-state index contributed by atoms with van der Waals surface area (Å²) in [5.74, 6) is 0.301. The molecule has 2 aromatic rings. The van der Waals surface area contributed by atoms with Gasteiger partial charge in [-0.1, -0.05) is 22.0 Å². The Balaban J connectivity index is 2.27. The van der Waals surface area contributed by atoms with Gasteiger partial charge in [-0.3, -0.25) is 4.79 Å². The summed E-state index contributed by atoms with van der Waals surface area (Å²) in [7, 11) is 0. The molecule has 1 heterocycles. The van der Waals surface area contributed by atoms with Crippen LogP contribution in [0, 0.1) is 13.8 Å². The average molecular weight is 320 g/mol. The van der Waals surface area contributed by atoms with E-state index in [1.165, 1.54) is 0 Å². The number of rotatable bonds is 2. The van der Waals surface area contributed by atoms with Crippen molar-refractivity contribution in [1.82, 2.24) is 4.98 Å². The Morgan fingerprint density at radius 1 is 1.32 bits per heavy atom. The van der Waals surface area contributed by atoms with Crippen LogP contribution in [0.2, 0.25) is 0 Å². The van der Waals surface area contributed by atoms with Crippen molar-refractivity contribution in [1.29, 1.82) is 0 Å². The first-order valence-electron chi connectivity index (χ1n) is 5.77. The molecule has 0 spiro atoms. The van der Waals surface area contributed by atoms with E-state index >= 15 is 0 Å². The molecule has 0 saturated heterocycles. The number of nitrogens with zero attached hydrogens (tertiary/aromatic N) is 1. The molecule has 0 aliphatic rings. The molecule has 0 radical (unpaired) electrons. The van der Waals surface area contributed by atoms with Crippen molar-refractivity contribution in [2.24, 2.45) is 0 Å². The van der Waals surface area contributed by atoms with Gasteiger partial charge in [0.2, 0.25) is 0 Å². The van der Waals surface area contributed by atoms with Crippen LogP contribution in [0.5, 0.6) is 0 Å². The van der Waals surface area contributed by atoms with Gasteiger partial charge in [-0.2, -0.15) is 0 Å². The second kappa shape index (κ2) is 5.40. The molecule has 0 aliphatic carbocycles. The summed E-state index contributed by atoms with van der Waals surface area (Å²) in [5, 5.41) is 2.75. The molecule has 5 heteroatoms. The predicted octanol–water partition coefficient (Wildman–Crippen LogP) is 3.30. The number of aryl methyl sites for hydroxylation is 1. The molecular formula is C14H14BrN3O. The number of anilines is 2. The van der Waals surface area contributed by atoms with Gasteiger partial charge in [0.15, 0.2) is 0 Å². The van der Waals surface area contributed by atoms with E-state index in [1.807, 2.05) is 19.9 Å². The Labute approximate surface area is 120 Å². The van der Waals surface area contributed by atoms with Crippen LogP contribution in [-0.2, 0) is 0 Å². The minimum absolute atomic E-state index is 0.221. The fraction of sp³-hybridized carbons (Fsp3) is 0.143. The van der Waals surface area contributed by atoms with Crippen LogP contribution in [-0.4, -0.2) is 10.9 Å². The summed E-state index contributed by atoms with van der Waals surface area (Å²) in [5.41, 5.74) is 8.76. The van der Waals surface area contributed by atoms with Crippen molar-refractivity contribution in [2.45, 2.75) is 13.8 Å². The number of amides is 1. The molecule has 0 atom stereocenters. The highest BCUT2D eigenvalue weighted by molar-refractivity contribution is 9.10. The third-order valence-corrected chi connectivity index (χ3v) is 3.27. The van der Waals surface area contributed by atoms with Crippen molar-refractivity contribution >= 4 is 33.3 Å². The van der Waals surface area contributed by atoms with Crippen molar-refractivity contribution < 1.29 is 4.79 Å². The Bertz CT molecular complexity index is 623. The van der Waals surface area contributed by atoms with E-state index in [-0.39, 0.29) is 5.91 Å². The first kappa shape index (κ1) is 13.5. The first-order valence-corrected chi connectivity index (χ1v) is 6.56. The SMILES string of the molecule is Cc1ccc(NC(=O)c2cc(Br)cc(N)c2C)nc1. The maximum absolute atomic E-state index is 12.2. The maximum atomic E-state index is 12.2. The fourth-order valence-corrected chi connectivity index (χ4v) is 2.14. The molecule has 4 nitrogen and oxygen atoms in total. The fourth-order valence-electron chi connectivity index (χ4n) is 1.66. The highest BCUT2D eigenvalue weighted by Crippen LogP contribution is 2.23. The number of nitrogen functional groups attached to an aromatic ring is 1. The van der Waals surface area contributed by atoms with Gasteiger partial charge in [-0.05, 0) is 43.2 Å². The lowest BCUT2D eigenvalue weighted by molar-refractivity contribution is 0.102. The van der Waals surface area contributed by atoms with Gasteiger partial charge in [0, 0.05) is 21.9 Å². The second-order valence-corrected chi connectivity index (χ2v) is 5.26. The van der Waals surface area contributed by atoms with Crippen molar-refractivity contribution in [3.05, 3.63) is 51.6 Å². The lowest BCUT2D eigenvalue weighted by Crippen LogP contribution is -2.15. The highest BCUT2D eigenvalue weighted by Gasteiger charge is 2.12. The van der Waals surface area contributed by atoms with Crippen LogP contribution >= 0.6 is 15.9 Å². The van der Waals surface area contributed by atoms with Crippen LogP contribution < -0.4 is 11.1 Å². The second-order valence-electron chi connectivity index (χ2n) is 4.34. The van der Waals surface area contributed by atoms with Crippen molar-refractivity contribution in [2.75, 3.05) is 11.1 Å². The number of hydrogen-bond acceptors (Lipinski definition) is 3. The number of carbonyl (C=O) groups is 1. The molecule has 0 bridgehead atoms. The summed E-state index contributed by atoms with van der Waals surface area (Å²) in [4.78, 5) is 16.3. The van der Waals surface area contributed by atoms with E-state index in [0.717, 1.165) is 15.6 Å². The number of halogens is 1. The molecule has 0 fully saturated rings. The molecule has 19 heavy (non-hydrogen) atoms. The Morgan fingerprint density at radius 3 is 2.68 bits per heavy atom. The van der Waals surface area contributed by atoms with Gasteiger partial charge in [0.1, 0.15) is 5.82 Å². The van der Waals surface area contributed by atoms with Gasteiger partial charge in [-0.15, -0.1) is 0 Å². The number of hydrogen-bond donors (Lipinski definition) is 2. The average Bonchev–Trinajstić information content (AvgIpc) is 2.36. The normalized spacial score (nSPS) is 10.3. The lowest BCUT2D eigenvalue weighted by atomic mass is 10.1. The zero-order valence-corrected chi connectivity index (χ0v) is 12.3. The molecule has 1 amide bonds. The summed E-state index contributed by atoms with van der Waals surface area (Å²) < 4.78 is 0.776. The van der Waals surface area contributed by atoms with Gasteiger partial charge in [0.25, 0.3) is 5.91 Å². The molecular weight excluding hydrogens is 306 g/mol. The van der Waals surface area contributed by atoms with E-state index < -0.39 is 0 Å². The Hall–Kier alpha value is -1.88. The third kappa shape index (κ3) is 3.12. The summed E-state index contributed by atoms with van der Waals surface area (Å²) in [6, 6.07) is 7.18. The topological polar surface area (TPSA) is 68.0 Å². The van der Waals surface area contributed by atoms with Crippen LogP contribution in [0.1, 0.15) is 21.5 Å². The van der Waals surface area contributed by atoms with Crippen LogP contribution in [0.25, 0.3) is 0 Å². The van der Waals surface area contributed by atoms with Gasteiger partial charge >= 0.3 is 0 Å². The van der Waals surface area contributed by atoms with Crippen LogP contribution in [0.3, 0.4) is 0 Å². The number of pyridine rings is 1. The quantitative estimate of drug-likeness (QED) is 0.834. The van der Waals surface area contributed by atoms with Crippen molar-refractivity contribution in [3.8, 4) is 0 Å². The minimum Gasteiger partial charge on any atom is -0.398 e. The van der Waals surface area contributed by atoms with Crippen LogP contribution in [0.4, 0.5) is 11.5 Å².